The number of aromatic nitrogens is 2. The summed E-state index contributed by atoms with van der Waals surface area (Å²) in [5.74, 6) is 0.158. The average molecular weight is 209 g/mol. The monoisotopic (exact) mass is 209 g/mol. The maximum Gasteiger partial charge on any atom is 0.270 e. The van der Waals surface area contributed by atoms with Gasteiger partial charge in [0.1, 0.15) is 11.5 Å². The minimum absolute atomic E-state index is 0.160. The molecule has 0 fully saturated rings. The summed E-state index contributed by atoms with van der Waals surface area (Å²) in [6.07, 6.45) is 0. The van der Waals surface area contributed by atoms with E-state index in [0.29, 0.717) is 17.3 Å². The number of primary amides is 1. The summed E-state index contributed by atoms with van der Waals surface area (Å²) < 4.78 is 5.25. The van der Waals surface area contributed by atoms with Crippen molar-refractivity contribution in [2.24, 2.45) is 5.73 Å². The molecule has 0 aliphatic heterocycles. The first-order chi connectivity index (χ1) is 6.68. The van der Waals surface area contributed by atoms with Crippen LogP contribution in [0.1, 0.15) is 16.2 Å². The second kappa shape index (κ2) is 3.22. The maximum atomic E-state index is 10.9. The molecule has 2 aromatic rings. The van der Waals surface area contributed by atoms with Crippen LogP contribution in [0.4, 0.5) is 0 Å². The van der Waals surface area contributed by atoms with E-state index in [1.165, 1.54) is 11.3 Å². The van der Waals surface area contributed by atoms with Crippen molar-refractivity contribution in [2.75, 3.05) is 0 Å². The zero-order chi connectivity index (χ0) is 10.1. The van der Waals surface area contributed by atoms with Gasteiger partial charge >= 0.3 is 0 Å². The molecule has 72 valence electrons. The Morgan fingerprint density at radius 3 is 2.93 bits per heavy atom. The second-order valence-corrected chi connectivity index (χ2v) is 3.38. The normalized spacial score (nSPS) is 10.4. The maximum absolute atomic E-state index is 10.9. The van der Waals surface area contributed by atoms with E-state index >= 15 is 0 Å². The Morgan fingerprint density at radius 1 is 1.64 bits per heavy atom. The average Bonchev–Trinajstić information content (AvgIpc) is 2.70. The topological polar surface area (TPSA) is 82.0 Å². The Hall–Kier alpha value is -1.69. The third-order valence-corrected chi connectivity index (χ3v) is 2.27. The predicted octanol–water partition coefficient (Wildman–Crippen LogP) is 1.21. The van der Waals surface area contributed by atoms with Gasteiger partial charge in [0.15, 0.2) is 5.69 Å². The molecule has 0 radical (unpaired) electrons. The Labute approximate surface area is 83.6 Å². The van der Waals surface area contributed by atoms with Crippen molar-refractivity contribution in [2.45, 2.75) is 6.92 Å². The smallest absolute Gasteiger partial charge is 0.270 e. The first-order valence-corrected chi connectivity index (χ1v) is 4.78. The van der Waals surface area contributed by atoms with Gasteiger partial charge in [0.25, 0.3) is 5.91 Å². The molecule has 0 atom stereocenters. The van der Waals surface area contributed by atoms with Gasteiger partial charge in [-0.1, -0.05) is 0 Å². The van der Waals surface area contributed by atoms with Gasteiger partial charge in [0, 0.05) is 5.38 Å². The number of nitrogens with zero attached hydrogens (tertiary/aromatic N) is 2. The van der Waals surface area contributed by atoms with Crippen LogP contribution >= 0.6 is 11.3 Å². The zero-order valence-corrected chi connectivity index (χ0v) is 8.17. The summed E-state index contributed by atoms with van der Waals surface area (Å²) in [6, 6.07) is 0. The van der Waals surface area contributed by atoms with Gasteiger partial charge in [-0.05, 0) is 6.92 Å². The van der Waals surface area contributed by atoms with Crippen molar-refractivity contribution in [1.29, 1.82) is 0 Å². The van der Waals surface area contributed by atoms with E-state index < -0.39 is 5.91 Å². The second-order valence-electron chi connectivity index (χ2n) is 2.66. The predicted molar refractivity (Wildman–Crippen MR) is 50.9 cm³/mol. The van der Waals surface area contributed by atoms with Gasteiger partial charge in [-0.3, -0.25) is 4.79 Å². The highest BCUT2D eigenvalue weighted by molar-refractivity contribution is 7.07. The van der Waals surface area contributed by atoms with E-state index in [9.17, 15) is 4.79 Å². The molecule has 0 saturated heterocycles. The zero-order valence-electron chi connectivity index (χ0n) is 7.35. The molecular formula is C8H7N3O2S. The van der Waals surface area contributed by atoms with E-state index in [1.54, 1.807) is 17.8 Å². The lowest BCUT2D eigenvalue weighted by atomic mass is 10.3. The molecule has 0 saturated carbocycles. The molecule has 0 aliphatic rings. The molecule has 6 heteroatoms. The summed E-state index contributed by atoms with van der Waals surface area (Å²) in [5, 5.41) is 1.79. The fourth-order valence-corrected chi connectivity index (χ4v) is 1.58. The third kappa shape index (κ3) is 1.39. The number of rotatable bonds is 2. The van der Waals surface area contributed by atoms with Crippen LogP contribution in [0.15, 0.2) is 15.3 Å². The quantitative estimate of drug-likeness (QED) is 0.805. The largest absolute Gasteiger partial charge is 0.439 e. The molecule has 2 N–H and O–H groups in total. The third-order valence-electron chi connectivity index (χ3n) is 1.68. The highest BCUT2D eigenvalue weighted by Gasteiger charge is 2.16. The van der Waals surface area contributed by atoms with Gasteiger partial charge in [0.05, 0.1) is 5.51 Å². The number of nitrogens with two attached hydrogens (primary N) is 1. The van der Waals surface area contributed by atoms with Crippen LogP contribution in [-0.2, 0) is 0 Å². The molecule has 2 aromatic heterocycles. The van der Waals surface area contributed by atoms with Crippen molar-refractivity contribution in [1.82, 2.24) is 9.97 Å². The standard InChI is InChI=1S/C8H7N3O2S/c1-4-6(7(9)12)11-8(13-4)5-2-14-3-10-5/h2-3H,1H3,(H2,9,12). The minimum atomic E-state index is -0.590. The molecule has 0 unspecified atom stereocenters. The summed E-state index contributed by atoms with van der Waals surface area (Å²) in [4.78, 5) is 18.9. The number of oxazole rings is 1. The molecule has 5 nitrogen and oxygen atoms in total. The van der Waals surface area contributed by atoms with E-state index in [2.05, 4.69) is 9.97 Å². The van der Waals surface area contributed by atoms with Crippen LogP contribution < -0.4 is 5.73 Å². The lowest BCUT2D eigenvalue weighted by molar-refractivity contribution is 0.0995. The number of aryl methyl sites for hydroxylation is 1. The Kier molecular flexibility index (Phi) is 2.05. The Bertz CT molecular complexity index is 461. The Balaban J connectivity index is 2.48. The number of carbonyl (C=O) groups excluding carboxylic acids is 1. The van der Waals surface area contributed by atoms with Gasteiger partial charge in [-0.25, -0.2) is 9.97 Å². The van der Waals surface area contributed by atoms with Crippen LogP contribution in [0, 0.1) is 6.92 Å². The number of thiazole rings is 1. The van der Waals surface area contributed by atoms with Gasteiger partial charge < -0.3 is 10.2 Å². The van der Waals surface area contributed by atoms with Crippen molar-refractivity contribution in [3.05, 3.63) is 22.3 Å². The minimum Gasteiger partial charge on any atom is -0.439 e. The van der Waals surface area contributed by atoms with Crippen LogP contribution in [0.25, 0.3) is 11.6 Å². The molecule has 2 rings (SSSR count). The SMILES string of the molecule is Cc1oc(-c2cscn2)nc1C(N)=O. The van der Waals surface area contributed by atoms with Crippen molar-refractivity contribution in [3.63, 3.8) is 0 Å². The van der Waals surface area contributed by atoms with Crippen LogP contribution in [-0.4, -0.2) is 15.9 Å². The van der Waals surface area contributed by atoms with E-state index in [0.717, 1.165) is 0 Å². The first-order valence-electron chi connectivity index (χ1n) is 3.84. The molecule has 0 aromatic carbocycles. The lowest BCUT2D eigenvalue weighted by Crippen LogP contribution is -2.12. The van der Waals surface area contributed by atoms with Crippen LogP contribution in [0.5, 0.6) is 0 Å². The highest BCUT2D eigenvalue weighted by Crippen LogP contribution is 2.20. The summed E-state index contributed by atoms with van der Waals surface area (Å²) >= 11 is 1.43. The molecule has 1 amide bonds. The van der Waals surface area contributed by atoms with E-state index in [4.69, 9.17) is 10.2 Å². The molecule has 14 heavy (non-hydrogen) atoms. The molecule has 0 bridgehead atoms. The van der Waals surface area contributed by atoms with Crippen molar-refractivity contribution >= 4 is 17.2 Å². The summed E-state index contributed by atoms with van der Waals surface area (Å²) in [7, 11) is 0. The van der Waals surface area contributed by atoms with Gasteiger partial charge in [-0.2, -0.15) is 0 Å². The molecular weight excluding hydrogens is 202 g/mol. The highest BCUT2D eigenvalue weighted by atomic mass is 32.1. The lowest BCUT2D eigenvalue weighted by Gasteiger charge is -1.84. The van der Waals surface area contributed by atoms with Crippen molar-refractivity contribution in [3.8, 4) is 11.6 Å². The molecule has 2 heterocycles. The summed E-state index contributed by atoms with van der Waals surface area (Å²) in [5.41, 5.74) is 7.54. The van der Waals surface area contributed by atoms with Crippen LogP contribution in [0.3, 0.4) is 0 Å². The number of hydrogen-bond donors (Lipinski definition) is 1. The fourth-order valence-electron chi connectivity index (χ4n) is 1.05. The molecule has 0 aliphatic carbocycles. The van der Waals surface area contributed by atoms with Crippen molar-refractivity contribution < 1.29 is 9.21 Å². The Morgan fingerprint density at radius 2 is 2.43 bits per heavy atom. The van der Waals surface area contributed by atoms with Crippen LogP contribution in [0.2, 0.25) is 0 Å². The summed E-state index contributed by atoms with van der Waals surface area (Å²) in [6.45, 7) is 1.64. The first kappa shape index (κ1) is 8.89. The number of hydrogen-bond acceptors (Lipinski definition) is 5. The number of amides is 1. The molecule has 0 spiro atoms. The van der Waals surface area contributed by atoms with E-state index in [-0.39, 0.29) is 5.69 Å². The number of carbonyl (C=O) groups is 1. The van der Waals surface area contributed by atoms with Gasteiger partial charge in [0.2, 0.25) is 5.89 Å². The van der Waals surface area contributed by atoms with Gasteiger partial charge in [-0.15, -0.1) is 11.3 Å². The fraction of sp³-hybridized carbons (Fsp3) is 0.125. The van der Waals surface area contributed by atoms with E-state index in [1.807, 2.05) is 0 Å².